The summed E-state index contributed by atoms with van der Waals surface area (Å²) in [7, 11) is 2.62. The maximum atomic E-state index is 12.3. The zero-order valence-electron chi connectivity index (χ0n) is 11.9. The number of methoxy groups -OCH3 is 2. The second-order valence-corrected chi connectivity index (χ2v) is 5.34. The van der Waals surface area contributed by atoms with Crippen molar-refractivity contribution >= 4 is 11.9 Å². The van der Waals surface area contributed by atoms with Gasteiger partial charge >= 0.3 is 11.9 Å². The summed E-state index contributed by atoms with van der Waals surface area (Å²) < 4.78 is 15.5. The number of carbonyl (C=O) groups is 2. The van der Waals surface area contributed by atoms with Gasteiger partial charge in [0.25, 0.3) is 0 Å². The molecule has 108 valence electrons. The van der Waals surface area contributed by atoms with Crippen LogP contribution < -0.4 is 0 Å². The number of ether oxygens (including phenoxy) is 3. The summed E-state index contributed by atoms with van der Waals surface area (Å²) in [5, 5.41) is 0. The maximum absolute atomic E-state index is 12.3. The Hall–Kier alpha value is -1.10. The standard InChI is InChI=1S/C14H22O5/c1-4-19-10-13(8-6-5-7-9-13)14(10,11(15)17-2)12(16)18-3/h10H,4-9H2,1-3H3. The van der Waals surface area contributed by atoms with Crippen molar-refractivity contribution in [2.45, 2.75) is 45.1 Å². The second kappa shape index (κ2) is 5.12. The number of esters is 2. The molecule has 0 aromatic rings. The first-order valence-corrected chi connectivity index (χ1v) is 6.90. The normalized spacial score (nSPS) is 26.8. The Bertz CT molecular complexity index is 354. The van der Waals surface area contributed by atoms with Gasteiger partial charge in [-0.15, -0.1) is 0 Å². The van der Waals surface area contributed by atoms with E-state index in [0.29, 0.717) is 6.61 Å². The fourth-order valence-electron chi connectivity index (χ4n) is 3.87. The van der Waals surface area contributed by atoms with Gasteiger partial charge in [-0.1, -0.05) is 19.3 Å². The predicted molar refractivity (Wildman–Crippen MR) is 67.4 cm³/mol. The smallest absolute Gasteiger partial charge is 0.326 e. The minimum Gasteiger partial charge on any atom is -0.468 e. The Morgan fingerprint density at radius 3 is 2.00 bits per heavy atom. The van der Waals surface area contributed by atoms with Gasteiger partial charge in [0, 0.05) is 12.0 Å². The molecule has 1 unspecified atom stereocenters. The molecule has 0 aromatic carbocycles. The van der Waals surface area contributed by atoms with Crippen LogP contribution in [0.25, 0.3) is 0 Å². The lowest BCUT2D eigenvalue weighted by molar-refractivity contribution is -0.165. The van der Waals surface area contributed by atoms with Crippen molar-refractivity contribution < 1.29 is 23.8 Å². The van der Waals surface area contributed by atoms with Gasteiger partial charge < -0.3 is 14.2 Å². The lowest BCUT2D eigenvalue weighted by atomic mass is 9.79. The Morgan fingerprint density at radius 1 is 1.05 bits per heavy atom. The van der Waals surface area contributed by atoms with Gasteiger partial charge in [0.05, 0.1) is 20.3 Å². The molecule has 2 aliphatic rings. The molecule has 1 atom stereocenters. The van der Waals surface area contributed by atoms with Crippen molar-refractivity contribution in [3.63, 3.8) is 0 Å². The molecule has 2 saturated carbocycles. The Morgan fingerprint density at radius 2 is 1.58 bits per heavy atom. The summed E-state index contributed by atoms with van der Waals surface area (Å²) in [6.07, 6.45) is 4.41. The molecule has 2 aliphatic carbocycles. The molecule has 0 bridgehead atoms. The molecule has 0 N–H and O–H groups in total. The summed E-state index contributed by atoms with van der Waals surface area (Å²) in [6.45, 7) is 2.34. The van der Waals surface area contributed by atoms with Gasteiger partial charge in [0.15, 0.2) is 5.41 Å². The van der Waals surface area contributed by atoms with E-state index < -0.39 is 28.9 Å². The summed E-state index contributed by atoms with van der Waals surface area (Å²) in [5.41, 5.74) is -1.66. The number of carbonyl (C=O) groups excluding carboxylic acids is 2. The molecule has 0 radical (unpaired) electrons. The van der Waals surface area contributed by atoms with E-state index in [1.54, 1.807) is 0 Å². The highest BCUT2D eigenvalue weighted by Gasteiger charge is 2.86. The fraction of sp³-hybridized carbons (Fsp3) is 0.857. The summed E-state index contributed by atoms with van der Waals surface area (Å²) >= 11 is 0. The SMILES string of the molecule is CCOC1C2(CCCCC2)C1(C(=O)OC)C(=O)OC. The van der Waals surface area contributed by atoms with E-state index >= 15 is 0 Å². The van der Waals surface area contributed by atoms with E-state index in [-0.39, 0.29) is 0 Å². The first-order chi connectivity index (χ1) is 9.11. The van der Waals surface area contributed by atoms with Crippen molar-refractivity contribution in [2.24, 2.45) is 10.8 Å². The van der Waals surface area contributed by atoms with Crippen LogP contribution in [-0.4, -0.2) is 38.9 Å². The van der Waals surface area contributed by atoms with Gasteiger partial charge in [0.2, 0.25) is 0 Å². The van der Waals surface area contributed by atoms with Crippen LogP contribution in [0, 0.1) is 10.8 Å². The third-order valence-corrected chi connectivity index (χ3v) is 4.69. The highest BCUT2D eigenvalue weighted by Crippen LogP contribution is 2.72. The molecule has 0 amide bonds. The molecule has 5 heteroatoms. The third-order valence-electron chi connectivity index (χ3n) is 4.69. The van der Waals surface area contributed by atoms with Crippen LogP contribution in [0.15, 0.2) is 0 Å². The molecular weight excluding hydrogens is 248 g/mol. The number of hydrogen-bond donors (Lipinski definition) is 0. The zero-order valence-corrected chi connectivity index (χ0v) is 11.9. The van der Waals surface area contributed by atoms with Crippen molar-refractivity contribution in [3.8, 4) is 0 Å². The molecular formula is C14H22O5. The van der Waals surface area contributed by atoms with Crippen LogP contribution in [0.2, 0.25) is 0 Å². The monoisotopic (exact) mass is 270 g/mol. The lowest BCUT2D eigenvalue weighted by Gasteiger charge is -2.25. The Labute approximate surface area is 113 Å². The van der Waals surface area contributed by atoms with Crippen molar-refractivity contribution in [2.75, 3.05) is 20.8 Å². The summed E-state index contributed by atoms with van der Waals surface area (Å²) in [4.78, 5) is 24.5. The topological polar surface area (TPSA) is 61.8 Å². The van der Waals surface area contributed by atoms with Crippen LogP contribution in [0.3, 0.4) is 0 Å². The largest absolute Gasteiger partial charge is 0.468 e. The highest BCUT2D eigenvalue weighted by atomic mass is 16.6. The average Bonchev–Trinajstić information content (AvgIpc) is 3.00. The quantitative estimate of drug-likeness (QED) is 0.574. The van der Waals surface area contributed by atoms with E-state index in [4.69, 9.17) is 14.2 Å². The van der Waals surface area contributed by atoms with Gasteiger partial charge in [-0.2, -0.15) is 0 Å². The molecule has 5 nitrogen and oxygen atoms in total. The van der Waals surface area contributed by atoms with Crippen LogP contribution in [-0.2, 0) is 23.8 Å². The summed E-state index contributed by atoms with van der Waals surface area (Å²) in [6, 6.07) is 0. The Balaban J connectivity index is 2.40. The second-order valence-electron chi connectivity index (χ2n) is 5.34. The molecule has 1 spiro atoms. The molecule has 0 saturated heterocycles. The van der Waals surface area contributed by atoms with Gasteiger partial charge in [-0.3, -0.25) is 9.59 Å². The molecule has 0 heterocycles. The van der Waals surface area contributed by atoms with E-state index in [1.807, 2.05) is 6.92 Å². The van der Waals surface area contributed by atoms with Crippen LogP contribution in [0.1, 0.15) is 39.0 Å². The zero-order chi connectivity index (χ0) is 14.1. The van der Waals surface area contributed by atoms with Crippen molar-refractivity contribution in [3.05, 3.63) is 0 Å². The maximum Gasteiger partial charge on any atom is 0.326 e. The van der Waals surface area contributed by atoms with Gasteiger partial charge in [-0.25, -0.2) is 0 Å². The van der Waals surface area contributed by atoms with Crippen LogP contribution in [0.4, 0.5) is 0 Å². The number of rotatable bonds is 4. The van der Waals surface area contributed by atoms with Gasteiger partial charge in [0.1, 0.15) is 0 Å². The average molecular weight is 270 g/mol. The third kappa shape index (κ3) is 1.71. The van der Waals surface area contributed by atoms with Crippen LogP contribution in [0.5, 0.6) is 0 Å². The molecule has 2 fully saturated rings. The lowest BCUT2D eigenvalue weighted by Crippen LogP contribution is -2.36. The van der Waals surface area contributed by atoms with Crippen molar-refractivity contribution in [1.82, 2.24) is 0 Å². The van der Waals surface area contributed by atoms with Crippen molar-refractivity contribution in [1.29, 1.82) is 0 Å². The van der Waals surface area contributed by atoms with E-state index in [1.165, 1.54) is 14.2 Å². The predicted octanol–water partition coefficient (Wildman–Crippen LogP) is 1.69. The van der Waals surface area contributed by atoms with E-state index in [2.05, 4.69) is 0 Å². The fourth-order valence-corrected chi connectivity index (χ4v) is 3.87. The molecule has 19 heavy (non-hydrogen) atoms. The first-order valence-electron chi connectivity index (χ1n) is 6.90. The Kier molecular flexibility index (Phi) is 3.85. The van der Waals surface area contributed by atoms with E-state index in [0.717, 1.165) is 32.1 Å². The molecule has 0 aliphatic heterocycles. The molecule has 0 aromatic heterocycles. The first kappa shape index (κ1) is 14.3. The van der Waals surface area contributed by atoms with Crippen LogP contribution >= 0.6 is 0 Å². The minimum absolute atomic E-state index is 0.398. The number of hydrogen-bond acceptors (Lipinski definition) is 5. The highest BCUT2D eigenvalue weighted by molar-refractivity contribution is 6.06. The molecule has 2 rings (SSSR count). The minimum atomic E-state index is -1.24. The van der Waals surface area contributed by atoms with Gasteiger partial charge in [-0.05, 0) is 19.8 Å². The summed E-state index contributed by atoms with van der Waals surface area (Å²) in [5.74, 6) is -1.03. The van der Waals surface area contributed by atoms with E-state index in [9.17, 15) is 9.59 Å².